The van der Waals surface area contributed by atoms with Gasteiger partial charge in [0.15, 0.2) is 29.0 Å². The number of aliphatic hydroxyl groups is 1. The molecule has 5 heterocycles. The van der Waals surface area contributed by atoms with Gasteiger partial charge in [-0.1, -0.05) is 19.1 Å². The van der Waals surface area contributed by atoms with Gasteiger partial charge in [0, 0.05) is 25.9 Å². The van der Waals surface area contributed by atoms with Crippen molar-refractivity contribution in [1.29, 1.82) is 0 Å². The molecular weight excluding hydrogens is 530 g/mol. The van der Waals surface area contributed by atoms with Gasteiger partial charge in [0.1, 0.15) is 30.6 Å². The largest absolute Gasteiger partial charge is 0.382 e. The van der Waals surface area contributed by atoms with Crippen molar-refractivity contribution in [1.82, 2.24) is 29.3 Å². The van der Waals surface area contributed by atoms with Crippen LogP contribution in [0.3, 0.4) is 0 Å². The second kappa shape index (κ2) is 10.4. The van der Waals surface area contributed by atoms with Crippen molar-refractivity contribution in [2.75, 3.05) is 25.9 Å². The third-order valence-electron chi connectivity index (χ3n) is 8.00. The number of amides is 2. The first-order chi connectivity index (χ1) is 19.6. The van der Waals surface area contributed by atoms with Crippen LogP contribution in [0.15, 0.2) is 30.6 Å². The second-order valence-corrected chi connectivity index (χ2v) is 11.2. The number of rotatable bonds is 9. The smallest absolute Gasteiger partial charge is 0.261 e. The van der Waals surface area contributed by atoms with E-state index in [2.05, 4.69) is 15.0 Å². The number of hydrogen-bond donors (Lipinski definition) is 2. The van der Waals surface area contributed by atoms with Gasteiger partial charge in [-0.2, -0.15) is 0 Å². The molecule has 2 amide bonds. The van der Waals surface area contributed by atoms with Crippen LogP contribution in [0.25, 0.3) is 11.2 Å². The molecule has 13 nitrogen and oxygen atoms in total. The Bertz CT molecular complexity index is 1460. The topological polar surface area (TPSA) is 158 Å². The van der Waals surface area contributed by atoms with Crippen molar-refractivity contribution in [3.63, 3.8) is 0 Å². The lowest BCUT2D eigenvalue weighted by Gasteiger charge is -2.29. The molecule has 0 spiro atoms. The van der Waals surface area contributed by atoms with Gasteiger partial charge in [0.05, 0.1) is 17.2 Å². The maximum Gasteiger partial charge on any atom is 0.261 e. The van der Waals surface area contributed by atoms with Crippen molar-refractivity contribution < 1.29 is 28.9 Å². The van der Waals surface area contributed by atoms with Crippen molar-refractivity contribution in [2.24, 2.45) is 0 Å². The summed E-state index contributed by atoms with van der Waals surface area (Å²) in [4.78, 5) is 41.5. The number of fused-ring (bicyclic) bond motifs is 3. The molecule has 3 N–H and O–H groups in total. The van der Waals surface area contributed by atoms with Crippen molar-refractivity contribution in [3.8, 4) is 0 Å². The zero-order chi connectivity index (χ0) is 29.1. The number of carbonyl (C=O) groups is 2. The molecule has 218 valence electrons. The van der Waals surface area contributed by atoms with Crippen molar-refractivity contribution in [2.45, 2.75) is 76.6 Å². The SMILES string of the molecule is CCc1nc2c(N)ncnc2n1[C@@H]1O[C@H](CC(O)N(C)CCCN2C(=O)c3ccccc3C2=O)[C@H]2OC(C)(C)O[C@H]21. The van der Waals surface area contributed by atoms with Gasteiger partial charge >= 0.3 is 0 Å². The number of hydrogen-bond acceptors (Lipinski definition) is 11. The lowest BCUT2D eigenvalue weighted by atomic mass is 10.1. The van der Waals surface area contributed by atoms with Gasteiger partial charge in [-0.3, -0.25) is 24.0 Å². The van der Waals surface area contributed by atoms with Crippen LogP contribution in [0, 0.1) is 0 Å². The highest BCUT2D eigenvalue weighted by atomic mass is 16.8. The van der Waals surface area contributed by atoms with E-state index >= 15 is 0 Å². The van der Waals surface area contributed by atoms with Gasteiger partial charge in [0.2, 0.25) is 0 Å². The lowest BCUT2D eigenvalue weighted by molar-refractivity contribution is -0.201. The number of aryl methyl sites for hydroxylation is 1. The minimum atomic E-state index is -0.864. The molecule has 2 aromatic heterocycles. The van der Waals surface area contributed by atoms with Crippen LogP contribution < -0.4 is 5.73 Å². The number of aliphatic hydroxyl groups excluding tert-OH is 1. The predicted octanol–water partition coefficient (Wildman–Crippen LogP) is 1.72. The van der Waals surface area contributed by atoms with Crippen molar-refractivity contribution >= 4 is 28.8 Å². The number of benzene rings is 1. The van der Waals surface area contributed by atoms with Crippen molar-refractivity contribution in [3.05, 3.63) is 47.5 Å². The summed E-state index contributed by atoms with van der Waals surface area (Å²) in [6, 6.07) is 6.84. The van der Waals surface area contributed by atoms with E-state index < -0.39 is 36.6 Å². The Labute approximate surface area is 237 Å². The Morgan fingerprint density at radius 2 is 1.80 bits per heavy atom. The number of nitrogens with two attached hydrogens (primary N) is 1. The fraction of sp³-hybridized carbons (Fsp3) is 0.536. The van der Waals surface area contributed by atoms with Gasteiger partial charge in [-0.25, -0.2) is 15.0 Å². The van der Waals surface area contributed by atoms with E-state index in [-0.39, 0.29) is 30.6 Å². The quantitative estimate of drug-likeness (QED) is 0.287. The number of anilines is 1. The van der Waals surface area contributed by atoms with E-state index in [0.29, 0.717) is 41.7 Å². The van der Waals surface area contributed by atoms with E-state index in [1.165, 1.54) is 11.2 Å². The molecule has 0 aliphatic carbocycles. The van der Waals surface area contributed by atoms with Crippen LogP contribution in [0.1, 0.15) is 66.4 Å². The first kappa shape index (κ1) is 27.7. The molecule has 2 saturated heterocycles. The molecular formula is C28H35N7O6. The molecule has 1 aromatic carbocycles. The summed E-state index contributed by atoms with van der Waals surface area (Å²) in [6.45, 7) is 6.42. The molecule has 13 heteroatoms. The molecule has 2 fully saturated rings. The zero-order valence-electron chi connectivity index (χ0n) is 23.6. The van der Waals surface area contributed by atoms with Crippen LogP contribution >= 0.6 is 0 Å². The number of imide groups is 1. The summed E-state index contributed by atoms with van der Waals surface area (Å²) in [5.41, 5.74) is 8.00. The minimum Gasteiger partial charge on any atom is -0.382 e. The summed E-state index contributed by atoms with van der Waals surface area (Å²) in [6.07, 6.45) is -0.0557. The molecule has 3 aliphatic rings. The van der Waals surface area contributed by atoms with E-state index in [0.717, 1.165) is 5.82 Å². The van der Waals surface area contributed by atoms with E-state index in [9.17, 15) is 14.7 Å². The second-order valence-electron chi connectivity index (χ2n) is 11.2. The molecule has 6 rings (SSSR count). The molecule has 0 saturated carbocycles. The number of carbonyl (C=O) groups excluding carboxylic acids is 2. The number of imidazole rings is 1. The number of aromatic nitrogens is 4. The van der Waals surface area contributed by atoms with Crippen LogP contribution in [0.4, 0.5) is 5.82 Å². The van der Waals surface area contributed by atoms with E-state index in [1.54, 1.807) is 36.2 Å². The minimum absolute atomic E-state index is 0.256. The Morgan fingerprint density at radius 3 is 2.49 bits per heavy atom. The molecule has 3 aliphatic heterocycles. The molecule has 0 bridgehead atoms. The Hall–Kier alpha value is -3.49. The fourth-order valence-electron chi connectivity index (χ4n) is 6.00. The Morgan fingerprint density at radius 1 is 1.12 bits per heavy atom. The summed E-state index contributed by atoms with van der Waals surface area (Å²) in [5.74, 6) is -0.378. The van der Waals surface area contributed by atoms with Crippen LogP contribution in [0.5, 0.6) is 0 Å². The number of nitrogens with zero attached hydrogens (tertiary/aromatic N) is 6. The van der Waals surface area contributed by atoms with E-state index in [4.69, 9.17) is 19.9 Å². The highest BCUT2D eigenvalue weighted by Gasteiger charge is 2.56. The third-order valence-corrected chi connectivity index (χ3v) is 8.00. The normalized spacial score (nSPS) is 25.9. The summed E-state index contributed by atoms with van der Waals surface area (Å²) < 4.78 is 21.0. The highest BCUT2D eigenvalue weighted by molar-refractivity contribution is 6.21. The van der Waals surface area contributed by atoms with Crippen LogP contribution in [-0.2, 0) is 20.6 Å². The maximum atomic E-state index is 12.7. The molecule has 0 radical (unpaired) electrons. The molecule has 1 unspecified atom stereocenters. The Kier molecular flexibility index (Phi) is 7.02. The average molecular weight is 566 g/mol. The fourth-order valence-corrected chi connectivity index (χ4v) is 6.00. The standard InChI is InChI=1S/C28H35N7O6/c1-5-18-32-20-23(29)30-14-31-24(20)35(18)27-22-21(40-28(2,3)41-22)17(39-27)13-19(36)33(4)11-8-12-34-25(37)15-9-6-7-10-16(15)26(34)38/h6-7,9-10,14,17,19,21-22,27,36H,5,8,11-13H2,1-4H3,(H2,29,30,31)/t17-,19?,21-,22-,27-/m1/s1. The maximum absolute atomic E-state index is 12.7. The van der Waals surface area contributed by atoms with Gasteiger partial charge < -0.3 is 25.1 Å². The zero-order valence-corrected chi connectivity index (χ0v) is 23.6. The molecule has 5 atom stereocenters. The number of nitrogen functional groups attached to an aromatic ring is 1. The van der Waals surface area contributed by atoms with Crippen LogP contribution in [0.2, 0.25) is 0 Å². The lowest BCUT2D eigenvalue weighted by Crippen LogP contribution is -2.40. The molecule has 3 aromatic rings. The monoisotopic (exact) mass is 565 g/mol. The number of ether oxygens (including phenoxy) is 3. The van der Waals surface area contributed by atoms with Crippen LogP contribution in [-0.4, -0.2) is 96.7 Å². The first-order valence-electron chi connectivity index (χ1n) is 13.9. The summed E-state index contributed by atoms with van der Waals surface area (Å²) in [7, 11) is 1.80. The highest BCUT2D eigenvalue weighted by Crippen LogP contribution is 2.45. The molecule has 41 heavy (non-hydrogen) atoms. The third kappa shape index (κ3) is 4.77. The van der Waals surface area contributed by atoms with Gasteiger partial charge in [-0.15, -0.1) is 0 Å². The average Bonchev–Trinajstić information content (AvgIpc) is 3.64. The predicted molar refractivity (Wildman–Crippen MR) is 147 cm³/mol. The van der Waals surface area contributed by atoms with Gasteiger partial charge in [0.25, 0.3) is 11.8 Å². The van der Waals surface area contributed by atoms with Gasteiger partial charge in [-0.05, 0) is 39.4 Å². The first-order valence-corrected chi connectivity index (χ1v) is 13.9. The summed E-state index contributed by atoms with van der Waals surface area (Å²) in [5, 5.41) is 11.1. The van der Waals surface area contributed by atoms with E-state index in [1.807, 2.05) is 25.3 Å². The Balaban J connectivity index is 1.13. The summed E-state index contributed by atoms with van der Waals surface area (Å²) >= 11 is 0.